The second-order valence-corrected chi connectivity index (χ2v) is 4.81. The summed E-state index contributed by atoms with van der Waals surface area (Å²) in [5.74, 6) is -1.82. The average molecular weight is 305 g/mol. The molecule has 1 atom stereocenters. The highest BCUT2D eigenvalue weighted by Gasteiger charge is 2.20. The van der Waals surface area contributed by atoms with Crippen LogP contribution in [0, 0.1) is 0 Å². The zero-order chi connectivity index (χ0) is 16.7. The number of nitrogens with zero attached hydrogens (tertiary/aromatic N) is 2. The Labute approximate surface area is 128 Å². The summed E-state index contributed by atoms with van der Waals surface area (Å²) in [6, 6.07) is 0.690. The number of nitrogens with two attached hydrogens (primary N) is 2. The number of carbonyl (C=O) groups is 3. The van der Waals surface area contributed by atoms with Crippen LogP contribution in [0.25, 0.3) is 0 Å². The van der Waals surface area contributed by atoms with Gasteiger partial charge in [0.05, 0.1) is 0 Å². The van der Waals surface area contributed by atoms with E-state index in [1.807, 2.05) is 0 Å². The zero-order valence-electron chi connectivity index (χ0n) is 12.5. The van der Waals surface area contributed by atoms with Gasteiger partial charge in [-0.3, -0.25) is 14.4 Å². The molecule has 0 aliphatic heterocycles. The van der Waals surface area contributed by atoms with Crippen molar-refractivity contribution in [2.75, 3.05) is 0 Å². The molecule has 0 aromatic carbocycles. The third-order valence-electron chi connectivity index (χ3n) is 3.24. The molecule has 1 aromatic heterocycles. The number of primary amides is 2. The lowest BCUT2D eigenvalue weighted by Crippen LogP contribution is -2.44. The summed E-state index contributed by atoms with van der Waals surface area (Å²) in [4.78, 5) is 42.0. The third-order valence-corrected chi connectivity index (χ3v) is 3.24. The largest absolute Gasteiger partial charge is 0.368 e. The first kappa shape index (κ1) is 17.3. The predicted molar refractivity (Wildman–Crippen MR) is 79.3 cm³/mol. The Morgan fingerprint density at radius 3 is 2.27 bits per heavy atom. The van der Waals surface area contributed by atoms with Crippen molar-refractivity contribution in [1.29, 1.82) is 0 Å². The standard InChI is InChI=1S/C14H19N5O3/c1-8(9(2)11(15)20)4-5-10(12(16)21)19-14(22)13-17-6-3-7-18-13/h3,6-7,10H,4-5H2,1-2H3,(H2,15,20)(H2,16,21)(H,19,22). The minimum absolute atomic E-state index is 0.0469. The van der Waals surface area contributed by atoms with Gasteiger partial charge in [0, 0.05) is 18.0 Å². The molecule has 0 spiro atoms. The van der Waals surface area contributed by atoms with Crippen molar-refractivity contribution in [3.8, 4) is 0 Å². The number of aromatic nitrogens is 2. The Bertz CT molecular complexity index is 598. The van der Waals surface area contributed by atoms with Crippen LogP contribution in [0.1, 0.15) is 37.3 Å². The van der Waals surface area contributed by atoms with Gasteiger partial charge in [0.1, 0.15) is 6.04 Å². The second-order valence-electron chi connectivity index (χ2n) is 4.81. The van der Waals surface area contributed by atoms with Crippen LogP contribution in [0.15, 0.2) is 29.6 Å². The molecule has 0 fully saturated rings. The van der Waals surface area contributed by atoms with Crippen molar-refractivity contribution < 1.29 is 14.4 Å². The maximum absolute atomic E-state index is 11.9. The van der Waals surface area contributed by atoms with E-state index in [1.54, 1.807) is 19.9 Å². The summed E-state index contributed by atoms with van der Waals surface area (Å²) >= 11 is 0. The summed E-state index contributed by atoms with van der Waals surface area (Å²) in [6.07, 6.45) is 3.50. The second kappa shape index (κ2) is 7.87. The van der Waals surface area contributed by atoms with E-state index in [-0.39, 0.29) is 12.2 Å². The molecule has 118 valence electrons. The Morgan fingerprint density at radius 1 is 1.18 bits per heavy atom. The zero-order valence-corrected chi connectivity index (χ0v) is 12.5. The minimum atomic E-state index is -0.882. The molecule has 3 amide bonds. The molecule has 1 heterocycles. The summed E-state index contributed by atoms with van der Waals surface area (Å²) in [7, 11) is 0. The number of rotatable bonds is 7. The van der Waals surface area contributed by atoms with Crippen molar-refractivity contribution in [2.24, 2.45) is 11.5 Å². The molecule has 1 unspecified atom stereocenters. The predicted octanol–water partition coefficient (Wildman–Crippen LogP) is -0.338. The van der Waals surface area contributed by atoms with Gasteiger partial charge in [0.25, 0.3) is 5.91 Å². The molecule has 0 aliphatic rings. The molecular weight excluding hydrogens is 286 g/mol. The van der Waals surface area contributed by atoms with Gasteiger partial charge in [-0.15, -0.1) is 0 Å². The van der Waals surface area contributed by atoms with Crippen molar-refractivity contribution in [2.45, 2.75) is 32.7 Å². The van der Waals surface area contributed by atoms with Crippen LogP contribution in [0.5, 0.6) is 0 Å². The number of allylic oxidation sites excluding steroid dienone is 1. The van der Waals surface area contributed by atoms with Crippen LogP contribution in [-0.4, -0.2) is 33.7 Å². The summed E-state index contributed by atoms with van der Waals surface area (Å²) in [5, 5.41) is 2.48. The molecule has 0 saturated heterocycles. The van der Waals surface area contributed by atoms with E-state index in [2.05, 4.69) is 15.3 Å². The fraction of sp³-hybridized carbons (Fsp3) is 0.357. The first-order valence-corrected chi connectivity index (χ1v) is 6.66. The molecular formula is C14H19N5O3. The monoisotopic (exact) mass is 305 g/mol. The maximum Gasteiger partial charge on any atom is 0.289 e. The number of nitrogens with one attached hydrogen (secondary N) is 1. The van der Waals surface area contributed by atoms with Crippen LogP contribution in [0.4, 0.5) is 0 Å². The van der Waals surface area contributed by atoms with Gasteiger partial charge >= 0.3 is 0 Å². The lowest BCUT2D eigenvalue weighted by atomic mass is 10.0. The van der Waals surface area contributed by atoms with Crippen molar-refractivity contribution >= 4 is 17.7 Å². The molecule has 0 radical (unpaired) electrons. The average Bonchev–Trinajstić information content (AvgIpc) is 2.50. The van der Waals surface area contributed by atoms with Crippen molar-refractivity contribution in [1.82, 2.24) is 15.3 Å². The lowest BCUT2D eigenvalue weighted by Gasteiger charge is -2.15. The Balaban J connectivity index is 2.71. The van der Waals surface area contributed by atoms with E-state index in [0.717, 1.165) is 5.57 Å². The number of carbonyl (C=O) groups excluding carboxylic acids is 3. The van der Waals surface area contributed by atoms with E-state index in [4.69, 9.17) is 11.5 Å². The minimum Gasteiger partial charge on any atom is -0.368 e. The summed E-state index contributed by atoms with van der Waals surface area (Å²) in [6.45, 7) is 3.34. The molecule has 22 heavy (non-hydrogen) atoms. The van der Waals surface area contributed by atoms with Gasteiger partial charge in [-0.1, -0.05) is 5.57 Å². The third kappa shape index (κ3) is 4.97. The highest BCUT2D eigenvalue weighted by atomic mass is 16.2. The van der Waals surface area contributed by atoms with E-state index in [1.165, 1.54) is 12.4 Å². The summed E-state index contributed by atoms with van der Waals surface area (Å²) in [5.41, 5.74) is 11.6. The van der Waals surface area contributed by atoms with Crippen LogP contribution in [0.2, 0.25) is 0 Å². The van der Waals surface area contributed by atoms with Gasteiger partial charge in [0.2, 0.25) is 17.6 Å². The molecule has 0 aliphatic carbocycles. The quantitative estimate of drug-likeness (QED) is 0.591. The molecule has 0 bridgehead atoms. The number of hydrogen-bond acceptors (Lipinski definition) is 5. The highest BCUT2D eigenvalue weighted by Crippen LogP contribution is 2.12. The van der Waals surface area contributed by atoms with Gasteiger partial charge in [-0.05, 0) is 32.8 Å². The fourth-order valence-corrected chi connectivity index (χ4v) is 1.68. The first-order chi connectivity index (χ1) is 10.3. The molecule has 8 nitrogen and oxygen atoms in total. The van der Waals surface area contributed by atoms with E-state index < -0.39 is 23.8 Å². The smallest absolute Gasteiger partial charge is 0.289 e. The Kier molecular flexibility index (Phi) is 6.18. The lowest BCUT2D eigenvalue weighted by molar-refractivity contribution is -0.120. The fourth-order valence-electron chi connectivity index (χ4n) is 1.68. The van der Waals surface area contributed by atoms with Crippen molar-refractivity contribution in [3.63, 3.8) is 0 Å². The van der Waals surface area contributed by atoms with E-state index >= 15 is 0 Å². The molecule has 1 aromatic rings. The van der Waals surface area contributed by atoms with Gasteiger partial charge in [-0.2, -0.15) is 0 Å². The van der Waals surface area contributed by atoms with Crippen LogP contribution in [-0.2, 0) is 9.59 Å². The topological polar surface area (TPSA) is 141 Å². The molecule has 8 heteroatoms. The van der Waals surface area contributed by atoms with Crippen molar-refractivity contribution in [3.05, 3.63) is 35.4 Å². The SMILES string of the molecule is CC(CCC(NC(=O)c1ncccn1)C(N)=O)=C(C)C(N)=O. The maximum atomic E-state index is 11.9. The van der Waals surface area contributed by atoms with E-state index in [9.17, 15) is 14.4 Å². The van der Waals surface area contributed by atoms with Crippen LogP contribution in [0.3, 0.4) is 0 Å². The molecule has 1 rings (SSSR count). The molecule has 0 saturated carbocycles. The van der Waals surface area contributed by atoms with E-state index in [0.29, 0.717) is 12.0 Å². The number of amides is 3. The number of hydrogen-bond donors (Lipinski definition) is 3. The Morgan fingerprint density at radius 2 is 1.77 bits per heavy atom. The van der Waals surface area contributed by atoms with Gasteiger partial charge in [0.15, 0.2) is 0 Å². The highest BCUT2D eigenvalue weighted by molar-refractivity contribution is 5.94. The first-order valence-electron chi connectivity index (χ1n) is 6.66. The normalized spacial score (nSPS) is 13.0. The Hall–Kier alpha value is -2.77. The summed E-state index contributed by atoms with van der Waals surface area (Å²) < 4.78 is 0. The van der Waals surface area contributed by atoms with Crippen LogP contribution >= 0.6 is 0 Å². The van der Waals surface area contributed by atoms with Gasteiger partial charge in [-0.25, -0.2) is 9.97 Å². The van der Waals surface area contributed by atoms with Crippen LogP contribution < -0.4 is 16.8 Å². The van der Waals surface area contributed by atoms with Gasteiger partial charge < -0.3 is 16.8 Å². The molecule has 5 N–H and O–H groups in total.